The SMILES string of the molecule is O=C(c1cccc(F)c1)N(Cc1ccccc1Cl)C[C@@H]1CC(c2ccc3c(c2)OCO3)=NO1. The van der Waals surface area contributed by atoms with E-state index in [4.69, 9.17) is 25.9 Å². The molecule has 8 heteroatoms. The molecule has 2 aliphatic rings. The van der Waals surface area contributed by atoms with E-state index in [0.717, 1.165) is 16.8 Å². The number of benzene rings is 3. The van der Waals surface area contributed by atoms with Crippen LogP contribution in [0.2, 0.25) is 5.02 Å². The number of carbonyl (C=O) groups is 1. The lowest BCUT2D eigenvalue weighted by atomic mass is 10.0. The summed E-state index contributed by atoms with van der Waals surface area (Å²) in [6, 6.07) is 18.6. The molecule has 5 rings (SSSR count). The second-order valence-corrected chi connectivity index (χ2v) is 8.23. The van der Waals surface area contributed by atoms with Crippen molar-refractivity contribution in [3.8, 4) is 11.5 Å². The van der Waals surface area contributed by atoms with E-state index < -0.39 is 5.82 Å². The molecule has 168 valence electrons. The summed E-state index contributed by atoms with van der Waals surface area (Å²) < 4.78 is 24.6. The highest BCUT2D eigenvalue weighted by Gasteiger charge is 2.29. The highest BCUT2D eigenvalue weighted by molar-refractivity contribution is 6.31. The molecule has 1 atom stereocenters. The van der Waals surface area contributed by atoms with Crippen LogP contribution in [0.15, 0.2) is 71.9 Å². The normalized spacial score (nSPS) is 16.3. The Morgan fingerprint density at radius 1 is 1.06 bits per heavy atom. The maximum atomic E-state index is 13.8. The van der Waals surface area contributed by atoms with Crippen molar-refractivity contribution in [3.05, 3.63) is 94.3 Å². The van der Waals surface area contributed by atoms with Gasteiger partial charge < -0.3 is 19.2 Å². The van der Waals surface area contributed by atoms with Gasteiger partial charge in [-0.05, 0) is 48.0 Å². The molecule has 0 spiro atoms. The fourth-order valence-electron chi connectivity index (χ4n) is 3.87. The second kappa shape index (κ2) is 9.11. The van der Waals surface area contributed by atoms with E-state index in [0.29, 0.717) is 22.9 Å². The molecule has 0 unspecified atom stereocenters. The molecule has 0 fully saturated rings. The van der Waals surface area contributed by atoms with Crippen LogP contribution in [0, 0.1) is 5.82 Å². The van der Waals surface area contributed by atoms with E-state index in [-0.39, 0.29) is 37.5 Å². The fourth-order valence-corrected chi connectivity index (χ4v) is 4.07. The van der Waals surface area contributed by atoms with Crippen molar-refractivity contribution in [2.24, 2.45) is 5.16 Å². The predicted molar refractivity (Wildman–Crippen MR) is 121 cm³/mol. The molecular formula is C25H20ClFN2O4. The van der Waals surface area contributed by atoms with E-state index in [1.165, 1.54) is 18.2 Å². The number of rotatable bonds is 6. The number of carbonyl (C=O) groups excluding carboxylic acids is 1. The summed E-state index contributed by atoms with van der Waals surface area (Å²) in [7, 11) is 0. The molecule has 33 heavy (non-hydrogen) atoms. The van der Waals surface area contributed by atoms with Crippen LogP contribution in [-0.4, -0.2) is 36.0 Å². The Kier molecular flexibility index (Phi) is 5.88. The maximum absolute atomic E-state index is 13.8. The first kappa shape index (κ1) is 21.3. The minimum atomic E-state index is -0.468. The van der Waals surface area contributed by atoms with Gasteiger partial charge in [0.25, 0.3) is 5.91 Å². The molecule has 2 aliphatic heterocycles. The minimum Gasteiger partial charge on any atom is -0.454 e. The number of nitrogens with zero attached hydrogens (tertiary/aromatic N) is 2. The van der Waals surface area contributed by atoms with Crippen LogP contribution in [0.4, 0.5) is 4.39 Å². The monoisotopic (exact) mass is 466 g/mol. The molecule has 1 amide bonds. The molecule has 3 aromatic rings. The van der Waals surface area contributed by atoms with Crippen molar-refractivity contribution in [3.63, 3.8) is 0 Å². The van der Waals surface area contributed by atoms with Crippen LogP contribution in [0.5, 0.6) is 11.5 Å². The Hall–Kier alpha value is -3.58. The quantitative estimate of drug-likeness (QED) is 0.510. The average Bonchev–Trinajstić information content (AvgIpc) is 3.48. The van der Waals surface area contributed by atoms with Crippen molar-refractivity contribution in [2.75, 3.05) is 13.3 Å². The summed E-state index contributed by atoms with van der Waals surface area (Å²) >= 11 is 6.34. The largest absolute Gasteiger partial charge is 0.454 e. The summed E-state index contributed by atoms with van der Waals surface area (Å²) in [5.74, 6) is 0.584. The first-order valence-corrected chi connectivity index (χ1v) is 10.9. The number of ether oxygens (including phenoxy) is 2. The van der Waals surface area contributed by atoms with Gasteiger partial charge in [0, 0.05) is 29.1 Å². The minimum absolute atomic E-state index is 0.198. The Morgan fingerprint density at radius 2 is 1.91 bits per heavy atom. The summed E-state index contributed by atoms with van der Waals surface area (Å²) in [6.07, 6.45) is 0.153. The lowest BCUT2D eigenvalue weighted by Crippen LogP contribution is -2.37. The number of fused-ring (bicyclic) bond motifs is 1. The zero-order chi connectivity index (χ0) is 22.8. The van der Waals surface area contributed by atoms with Gasteiger partial charge in [0.05, 0.1) is 12.3 Å². The Balaban J connectivity index is 1.34. The van der Waals surface area contributed by atoms with Crippen LogP contribution in [0.3, 0.4) is 0 Å². The third-order valence-electron chi connectivity index (χ3n) is 5.54. The third-order valence-corrected chi connectivity index (χ3v) is 5.91. The Morgan fingerprint density at radius 3 is 2.76 bits per heavy atom. The van der Waals surface area contributed by atoms with Crippen molar-refractivity contribution in [2.45, 2.75) is 19.1 Å². The predicted octanol–water partition coefficient (Wildman–Crippen LogP) is 5.04. The van der Waals surface area contributed by atoms with Crippen molar-refractivity contribution >= 4 is 23.2 Å². The van der Waals surface area contributed by atoms with Crippen LogP contribution in [-0.2, 0) is 11.4 Å². The van der Waals surface area contributed by atoms with Gasteiger partial charge >= 0.3 is 0 Å². The molecule has 0 aliphatic carbocycles. The van der Waals surface area contributed by atoms with E-state index in [1.807, 2.05) is 36.4 Å². The highest BCUT2D eigenvalue weighted by atomic mass is 35.5. The number of halogens is 2. The van der Waals surface area contributed by atoms with Gasteiger partial charge in [-0.15, -0.1) is 0 Å². The Labute approximate surface area is 195 Å². The molecular weight excluding hydrogens is 447 g/mol. The molecule has 0 aromatic heterocycles. The Bertz CT molecular complexity index is 1230. The third kappa shape index (κ3) is 4.64. The van der Waals surface area contributed by atoms with Gasteiger partial charge in [-0.1, -0.05) is 41.0 Å². The van der Waals surface area contributed by atoms with Crippen molar-refractivity contribution in [1.29, 1.82) is 0 Å². The molecule has 2 heterocycles. The van der Waals surface area contributed by atoms with Crippen LogP contribution in [0.1, 0.15) is 27.9 Å². The number of amides is 1. The van der Waals surface area contributed by atoms with Gasteiger partial charge in [-0.2, -0.15) is 0 Å². The molecule has 0 bridgehead atoms. The number of hydrogen-bond donors (Lipinski definition) is 0. The smallest absolute Gasteiger partial charge is 0.254 e. The lowest BCUT2D eigenvalue weighted by Gasteiger charge is -2.25. The fraction of sp³-hybridized carbons (Fsp3) is 0.200. The van der Waals surface area contributed by atoms with Crippen molar-refractivity contribution in [1.82, 2.24) is 4.90 Å². The van der Waals surface area contributed by atoms with E-state index >= 15 is 0 Å². The van der Waals surface area contributed by atoms with Crippen LogP contribution >= 0.6 is 11.6 Å². The average molecular weight is 467 g/mol. The molecule has 6 nitrogen and oxygen atoms in total. The standard InChI is InChI=1S/C25H20ClFN2O4/c26-21-7-2-1-4-18(21)13-29(25(30)17-5-3-6-19(27)10-17)14-20-12-22(28-33-20)16-8-9-23-24(11-16)32-15-31-23/h1-11,20H,12-15H2/t20-/m0/s1. The van der Waals surface area contributed by atoms with Crippen LogP contribution < -0.4 is 9.47 Å². The zero-order valence-corrected chi connectivity index (χ0v) is 18.3. The summed E-state index contributed by atoms with van der Waals surface area (Å²) in [6.45, 7) is 0.718. The van der Waals surface area contributed by atoms with E-state index in [1.54, 1.807) is 17.0 Å². The van der Waals surface area contributed by atoms with Gasteiger partial charge in [-0.25, -0.2) is 4.39 Å². The number of hydrogen-bond acceptors (Lipinski definition) is 5. The van der Waals surface area contributed by atoms with Crippen LogP contribution in [0.25, 0.3) is 0 Å². The van der Waals surface area contributed by atoms with E-state index in [2.05, 4.69) is 5.16 Å². The number of oxime groups is 1. The molecule has 0 radical (unpaired) electrons. The first-order chi connectivity index (χ1) is 16.1. The van der Waals surface area contributed by atoms with Gasteiger partial charge in [0.15, 0.2) is 17.6 Å². The zero-order valence-electron chi connectivity index (χ0n) is 17.5. The summed E-state index contributed by atoms with van der Waals surface area (Å²) in [4.78, 5) is 20.5. The molecule has 0 saturated carbocycles. The first-order valence-electron chi connectivity index (χ1n) is 10.5. The molecule has 0 saturated heterocycles. The van der Waals surface area contributed by atoms with Gasteiger partial charge in [0.1, 0.15) is 5.82 Å². The topological polar surface area (TPSA) is 60.4 Å². The van der Waals surface area contributed by atoms with Gasteiger partial charge in [0.2, 0.25) is 6.79 Å². The lowest BCUT2D eigenvalue weighted by molar-refractivity contribution is 0.0405. The molecule has 0 N–H and O–H groups in total. The highest BCUT2D eigenvalue weighted by Crippen LogP contribution is 2.34. The summed E-state index contributed by atoms with van der Waals surface area (Å²) in [5, 5.41) is 4.79. The maximum Gasteiger partial charge on any atom is 0.254 e. The second-order valence-electron chi connectivity index (χ2n) is 7.82. The van der Waals surface area contributed by atoms with E-state index in [9.17, 15) is 9.18 Å². The molecule has 3 aromatic carbocycles. The van der Waals surface area contributed by atoms with Crippen molar-refractivity contribution < 1.29 is 23.5 Å². The van der Waals surface area contributed by atoms with Gasteiger partial charge in [-0.3, -0.25) is 4.79 Å². The summed E-state index contributed by atoms with van der Waals surface area (Å²) in [5.41, 5.74) is 2.68.